The fraction of sp³-hybridized carbons (Fsp3) is 0.510. The van der Waals surface area contributed by atoms with Gasteiger partial charge in [-0.15, -0.1) is 0 Å². The van der Waals surface area contributed by atoms with Gasteiger partial charge in [0.2, 0.25) is 0 Å². The molecule has 1 heterocycles. The third-order valence-electron chi connectivity index (χ3n) is 11.3. The van der Waals surface area contributed by atoms with Gasteiger partial charge in [0, 0.05) is 30.0 Å². The number of rotatable bonds is 27. The number of carbonyl (C=O) groups is 5. The molecule has 0 unspecified atom stereocenters. The minimum atomic E-state index is -0.533. The molecule has 1 fully saturated rings. The second kappa shape index (κ2) is 26.2. The van der Waals surface area contributed by atoms with Gasteiger partial charge in [-0.3, -0.25) is 14.5 Å². The van der Waals surface area contributed by atoms with Crippen LogP contribution in [-0.2, 0) is 28.6 Å². The maximum atomic E-state index is 12.8. The number of carbonyl (C=O) groups excluding carboxylic acids is 5. The predicted molar refractivity (Wildman–Crippen MR) is 243 cm³/mol. The molecule has 64 heavy (non-hydrogen) atoms. The van der Waals surface area contributed by atoms with Gasteiger partial charge in [-0.05, 0) is 146 Å². The lowest BCUT2D eigenvalue weighted by molar-refractivity contribution is -0.161. The van der Waals surface area contributed by atoms with Crippen LogP contribution >= 0.6 is 0 Å². The zero-order chi connectivity index (χ0) is 46.4. The zero-order valence-corrected chi connectivity index (χ0v) is 38.4. The Bertz CT molecular complexity index is 1920. The SMILES string of the molecule is C=CC(=O)OCCCCCCOc1ccc(C(=O)Oc2ccc(OC(=O)c3ccc(OCCCCCCCCOC(=O)CCC(=O)OC4CC(C)(C)N(C)C(C)(C)C4)cc3)cc2)cc1. The molecule has 4 rings (SSSR count). The maximum absolute atomic E-state index is 12.8. The summed E-state index contributed by atoms with van der Waals surface area (Å²) in [6.45, 7) is 13.8. The summed E-state index contributed by atoms with van der Waals surface area (Å²) in [5, 5.41) is 0. The summed E-state index contributed by atoms with van der Waals surface area (Å²) in [6.07, 6.45) is 11.7. The fourth-order valence-electron chi connectivity index (χ4n) is 7.43. The average molecular weight is 886 g/mol. The number of unbranched alkanes of at least 4 members (excludes halogenated alkanes) is 8. The van der Waals surface area contributed by atoms with Crippen molar-refractivity contribution < 1.29 is 57.1 Å². The van der Waals surface area contributed by atoms with Crippen LogP contribution in [0.4, 0.5) is 0 Å². The molecule has 0 radical (unpaired) electrons. The van der Waals surface area contributed by atoms with E-state index in [0.29, 0.717) is 60.6 Å². The standard InChI is InChI=1S/C51H67NO12/c1-7-45(53)60-34-17-13-12-15-33-59-41-24-20-39(21-25-41)49(57)64-43-28-26-42(27-29-43)63-48(56)38-18-22-40(23-19-38)58-32-14-10-8-9-11-16-35-61-46(54)30-31-47(55)62-44-36-50(2,3)52(6)51(4,5)37-44/h7,18-29,44H,1,8-17,30-37H2,2-6H3. The molecule has 0 spiro atoms. The van der Waals surface area contributed by atoms with Gasteiger partial charge in [0.1, 0.15) is 29.1 Å². The first kappa shape index (κ1) is 50.9. The third-order valence-corrected chi connectivity index (χ3v) is 11.3. The highest BCUT2D eigenvalue weighted by molar-refractivity contribution is 5.92. The molecule has 3 aromatic carbocycles. The van der Waals surface area contributed by atoms with Gasteiger partial charge < -0.3 is 33.2 Å². The van der Waals surface area contributed by atoms with E-state index >= 15 is 0 Å². The van der Waals surface area contributed by atoms with E-state index in [2.05, 4.69) is 46.2 Å². The van der Waals surface area contributed by atoms with Crippen LogP contribution in [0.1, 0.15) is 138 Å². The molecule has 1 aliphatic rings. The van der Waals surface area contributed by atoms with Gasteiger partial charge in [-0.25, -0.2) is 14.4 Å². The van der Waals surface area contributed by atoms with Crippen LogP contribution in [0, 0.1) is 0 Å². The van der Waals surface area contributed by atoms with E-state index in [4.69, 9.17) is 33.2 Å². The average Bonchev–Trinajstić information content (AvgIpc) is 3.27. The van der Waals surface area contributed by atoms with Crippen molar-refractivity contribution in [2.45, 2.75) is 135 Å². The lowest BCUT2D eigenvalue weighted by atomic mass is 9.79. The van der Waals surface area contributed by atoms with Crippen molar-refractivity contribution in [3.63, 3.8) is 0 Å². The van der Waals surface area contributed by atoms with E-state index in [1.165, 1.54) is 0 Å². The molecule has 0 aliphatic carbocycles. The van der Waals surface area contributed by atoms with Crippen molar-refractivity contribution in [1.82, 2.24) is 4.90 Å². The van der Waals surface area contributed by atoms with Gasteiger partial charge in [0.05, 0.1) is 50.4 Å². The first-order valence-corrected chi connectivity index (χ1v) is 22.5. The molecule has 0 amide bonds. The van der Waals surface area contributed by atoms with Gasteiger partial charge >= 0.3 is 29.8 Å². The van der Waals surface area contributed by atoms with Crippen molar-refractivity contribution in [2.75, 3.05) is 33.5 Å². The van der Waals surface area contributed by atoms with E-state index in [-0.39, 0.29) is 42.0 Å². The molecule has 0 aromatic heterocycles. The van der Waals surface area contributed by atoms with Crippen LogP contribution in [0.3, 0.4) is 0 Å². The summed E-state index contributed by atoms with van der Waals surface area (Å²) in [5.74, 6) is -0.291. The lowest BCUT2D eigenvalue weighted by Gasteiger charge is -2.53. The molecule has 0 bridgehead atoms. The molecule has 0 N–H and O–H groups in total. The Balaban J connectivity index is 1.00. The number of hydrogen-bond donors (Lipinski definition) is 0. The Morgan fingerprint density at radius 1 is 0.547 bits per heavy atom. The molecule has 13 nitrogen and oxygen atoms in total. The maximum Gasteiger partial charge on any atom is 0.343 e. The Kier molecular flexibility index (Phi) is 20.8. The van der Waals surface area contributed by atoms with Crippen molar-refractivity contribution in [3.8, 4) is 23.0 Å². The van der Waals surface area contributed by atoms with E-state index in [0.717, 1.165) is 83.1 Å². The number of esters is 5. The quantitative estimate of drug-likeness (QED) is 0.0235. The minimum absolute atomic E-state index is 0.0296. The highest BCUT2D eigenvalue weighted by Crippen LogP contribution is 2.38. The van der Waals surface area contributed by atoms with Crippen molar-refractivity contribution in [3.05, 3.63) is 96.6 Å². The third kappa shape index (κ3) is 18.2. The van der Waals surface area contributed by atoms with Crippen molar-refractivity contribution in [1.29, 1.82) is 0 Å². The Morgan fingerprint density at radius 3 is 1.36 bits per heavy atom. The summed E-state index contributed by atoms with van der Waals surface area (Å²) in [4.78, 5) is 63.4. The largest absolute Gasteiger partial charge is 0.494 e. The highest BCUT2D eigenvalue weighted by Gasteiger charge is 2.44. The van der Waals surface area contributed by atoms with Crippen LogP contribution in [0.25, 0.3) is 0 Å². The number of likely N-dealkylation sites (tertiary alicyclic amines) is 1. The second-order valence-electron chi connectivity index (χ2n) is 17.3. The lowest BCUT2D eigenvalue weighted by Crippen LogP contribution is -2.60. The summed E-state index contributed by atoms with van der Waals surface area (Å²) >= 11 is 0. The Labute approximate surface area is 378 Å². The normalized spacial score (nSPS) is 14.5. The topological polar surface area (TPSA) is 153 Å². The van der Waals surface area contributed by atoms with E-state index < -0.39 is 17.9 Å². The van der Waals surface area contributed by atoms with Crippen LogP contribution in [0.15, 0.2) is 85.5 Å². The highest BCUT2D eigenvalue weighted by atomic mass is 16.6. The molecule has 0 atom stereocenters. The van der Waals surface area contributed by atoms with Crippen LogP contribution in [0.5, 0.6) is 23.0 Å². The van der Waals surface area contributed by atoms with Gasteiger partial charge in [-0.1, -0.05) is 32.3 Å². The van der Waals surface area contributed by atoms with E-state index in [1.54, 1.807) is 72.8 Å². The summed E-state index contributed by atoms with van der Waals surface area (Å²) < 4.78 is 38.6. The molecule has 3 aromatic rings. The van der Waals surface area contributed by atoms with Crippen LogP contribution in [0.2, 0.25) is 0 Å². The summed E-state index contributed by atoms with van der Waals surface area (Å²) in [5.41, 5.74) is 0.564. The predicted octanol–water partition coefficient (Wildman–Crippen LogP) is 10.0. The summed E-state index contributed by atoms with van der Waals surface area (Å²) in [6, 6.07) is 19.7. The molecular weight excluding hydrogens is 819 g/mol. The van der Waals surface area contributed by atoms with Crippen molar-refractivity contribution >= 4 is 29.8 Å². The monoisotopic (exact) mass is 885 g/mol. The van der Waals surface area contributed by atoms with Crippen molar-refractivity contribution in [2.24, 2.45) is 0 Å². The van der Waals surface area contributed by atoms with Crippen LogP contribution in [-0.4, -0.2) is 85.4 Å². The van der Waals surface area contributed by atoms with Gasteiger partial charge in [0.25, 0.3) is 0 Å². The molecule has 1 saturated heterocycles. The van der Waals surface area contributed by atoms with Gasteiger partial charge in [0.15, 0.2) is 0 Å². The first-order valence-electron chi connectivity index (χ1n) is 22.5. The summed E-state index contributed by atoms with van der Waals surface area (Å²) in [7, 11) is 2.11. The Morgan fingerprint density at radius 2 is 0.922 bits per heavy atom. The molecule has 0 saturated carbocycles. The Hall–Kier alpha value is -5.69. The second-order valence-corrected chi connectivity index (χ2v) is 17.3. The smallest absolute Gasteiger partial charge is 0.343 e. The van der Waals surface area contributed by atoms with E-state index in [9.17, 15) is 24.0 Å². The van der Waals surface area contributed by atoms with Gasteiger partial charge in [-0.2, -0.15) is 0 Å². The zero-order valence-electron chi connectivity index (χ0n) is 38.4. The number of piperidine rings is 1. The number of ether oxygens (including phenoxy) is 7. The number of benzene rings is 3. The molecule has 1 aliphatic heterocycles. The molecule has 348 valence electrons. The van der Waals surface area contributed by atoms with Crippen LogP contribution < -0.4 is 18.9 Å². The molecular formula is C51H67NO12. The fourth-order valence-corrected chi connectivity index (χ4v) is 7.43. The van der Waals surface area contributed by atoms with E-state index in [1.807, 2.05) is 0 Å². The number of hydrogen-bond acceptors (Lipinski definition) is 13. The first-order chi connectivity index (χ1) is 30.6. The molecule has 13 heteroatoms. The minimum Gasteiger partial charge on any atom is -0.494 e. The number of nitrogens with zero attached hydrogens (tertiary/aromatic N) is 1.